The maximum absolute atomic E-state index is 15.2. The number of likely N-dealkylation sites (tertiary alicyclic amines) is 1. The number of alkyl halides is 3. The first-order chi connectivity index (χ1) is 25.1. The molecule has 0 radical (unpaired) electrons. The van der Waals surface area contributed by atoms with Gasteiger partial charge in [0.05, 0.1) is 13.2 Å². The van der Waals surface area contributed by atoms with E-state index in [9.17, 15) is 18.0 Å². The van der Waals surface area contributed by atoms with E-state index >= 15 is 8.78 Å². The third-order valence-corrected chi connectivity index (χ3v) is 8.73. The standard InChI is InChI=1S/C38H40F5N7O3/c1-6-32-47-33(26-10-8-9-11-30(26)50(32)21-27-28(39)16-25(52-7-2)17-29(27)40)35-45-18-23(14-22-19-49(20-22)36(51)53-37(3,4)5)34(48-35)46-24-12-13-44-31(15-24)38(41,42)43/h8-13,15-18,22,32H,6-7,14,19-21H2,1-5H3,(H,44,45,46,48). The summed E-state index contributed by atoms with van der Waals surface area (Å²) in [6.07, 6.45) is -2.08. The van der Waals surface area contributed by atoms with Gasteiger partial charge in [0.1, 0.15) is 46.4 Å². The normalized spacial score (nSPS) is 16.1. The molecule has 1 unspecified atom stereocenters. The lowest BCUT2D eigenvalue weighted by Crippen LogP contribution is -2.52. The van der Waals surface area contributed by atoms with Crippen molar-refractivity contribution in [2.24, 2.45) is 10.9 Å². The molecule has 0 aliphatic carbocycles. The summed E-state index contributed by atoms with van der Waals surface area (Å²) in [6.45, 7) is 9.99. The number of nitrogens with zero attached hydrogens (tertiary/aromatic N) is 6. The second-order valence-corrected chi connectivity index (χ2v) is 13.9. The van der Waals surface area contributed by atoms with Crippen molar-refractivity contribution in [2.75, 3.05) is 29.9 Å². The molecule has 280 valence electrons. The highest BCUT2D eigenvalue weighted by atomic mass is 19.4. The number of anilines is 3. The predicted molar refractivity (Wildman–Crippen MR) is 189 cm³/mol. The van der Waals surface area contributed by atoms with Crippen molar-refractivity contribution in [3.8, 4) is 5.75 Å². The van der Waals surface area contributed by atoms with Crippen molar-refractivity contribution in [1.29, 1.82) is 0 Å². The number of rotatable bonds is 10. The minimum atomic E-state index is -4.66. The molecule has 1 fully saturated rings. The highest BCUT2D eigenvalue weighted by Crippen LogP contribution is 2.36. The Morgan fingerprint density at radius 1 is 1.00 bits per heavy atom. The van der Waals surface area contributed by atoms with Crippen LogP contribution in [-0.2, 0) is 23.9 Å². The largest absolute Gasteiger partial charge is 0.494 e. The van der Waals surface area contributed by atoms with Crippen LogP contribution >= 0.6 is 0 Å². The number of amides is 1. The number of aliphatic imine (C=N–C) groups is 1. The minimum absolute atomic E-state index is 0.0230. The molecule has 2 aliphatic rings. The van der Waals surface area contributed by atoms with Crippen molar-refractivity contribution in [3.05, 3.63) is 101 Å². The Balaban J connectivity index is 1.34. The molecule has 2 aromatic carbocycles. The van der Waals surface area contributed by atoms with E-state index in [4.69, 9.17) is 19.5 Å². The lowest BCUT2D eigenvalue weighted by Gasteiger charge is -2.40. The second-order valence-electron chi connectivity index (χ2n) is 13.9. The smallest absolute Gasteiger partial charge is 0.433 e. The van der Waals surface area contributed by atoms with E-state index in [1.54, 1.807) is 50.9 Å². The first-order valence-corrected chi connectivity index (χ1v) is 17.3. The molecule has 0 spiro atoms. The molecule has 1 atom stereocenters. The third-order valence-electron chi connectivity index (χ3n) is 8.73. The molecule has 2 aliphatic heterocycles. The van der Waals surface area contributed by atoms with Gasteiger partial charge in [-0.25, -0.2) is 23.5 Å². The Morgan fingerprint density at radius 3 is 2.38 bits per heavy atom. The number of para-hydroxylation sites is 1. The van der Waals surface area contributed by atoms with Gasteiger partial charge in [-0.2, -0.15) is 13.2 Å². The lowest BCUT2D eigenvalue weighted by atomic mass is 9.93. The van der Waals surface area contributed by atoms with E-state index in [1.165, 1.54) is 6.07 Å². The van der Waals surface area contributed by atoms with E-state index in [0.717, 1.165) is 24.4 Å². The van der Waals surface area contributed by atoms with Gasteiger partial charge in [0, 0.05) is 65.7 Å². The molecule has 2 aromatic heterocycles. The Bertz CT molecular complexity index is 1990. The minimum Gasteiger partial charge on any atom is -0.494 e. The third kappa shape index (κ3) is 8.50. The number of fused-ring (bicyclic) bond motifs is 1. The first-order valence-electron chi connectivity index (χ1n) is 17.3. The van der Waals surface area contributed by atoms with Gasteiger partial charge in [-0.05, 0) is 64.7 Å². The average Bonchev–Trinajstić information content (AvgIpc) is 3.07. The molecule has 15 heteroatoms. The fourth-order valence-electron chi connectivity index (χ4n) is 6.27. The van der Waals surface area contributed by atoms with Gasteiger partial charge in [0.2, 0.25) is 0 Å². The number of ether oxygens (including phenoxy) is 2. The molecule has 4 heterocycles. The molecular weight excluding hydrogens is 697 g/mol. The molecule has 0 saturated carbocycles. The fourth-order valence-corrected chi connectivity index (χ4v) is 6.27. The summed E-state index contributed by atoms with van der Waals surface area (Å²) in [6, 6.07) is 11.9. The summed E-state index contributed by atoms with van der Waals surface area (Å²) in [4.78, 5) is 33.9. The Labute approximate surface area is 304 Å². The lowest BCUT2D eigenvalue weighted by molar-refractivity contribution is -0.141. The van der Waals surface area contributed by atoms with Crippen LogP contribution < -0.4 is 15.0 Å². The highest BCUT2D eigenvalue weighted by molar-refractivity contribution is 6.15. The summed E-state index contributed by atoms with van der Waals surface area (Å²) in [5, 5.41) is 3.04. The van der Waals surface area contributed by atoms with Crippen molar-refractivity contribution in [1.82, 2.24) is 19.9 Å². The van der Waals surface area contributed by atoms with Crippen LogP contribution in [0, 0.1) is 17.6 Å². The van der Waals surface area contributed by atoms with Crippen LogP contribution in [0.15, 0.2) is 65.9 Å². The van der Waals surface area contributed by atoms with Crippen molar-refractivity contribution in [3.63, 3.8) is 0 Å². The molecule has 10 nitrogen and oxygen atoms in total. The van der Waals surface area contributed by atoms with Gasteiger partial charge in [0.25, 0.3) is 0 Å². The van der Waals surface area contributed by atoms with Crippen LogP contribution in [0.4, 0.5) is 43.9 Å². The van der Waals surface area contributed by atoms with E-state index in [1.807, 2.05) is 24.0 Å². The molecular formula is C38H40F5N7O3. The number of pyridine rings is 1. The summed E-state index contributed by atoms with van der Waals surface area (Å²) in [5.41, 5.74) is 0.567. The second kappa shape index (κ2) is 15.0. The summed E-state index contributed by atoms with van der Waals surface area (Å²) in [5.74, 6) is -0.892. The molecule has 1 N–H and O–H groups in total. The van der Waals surface area contributed by atoms with Gasteiger partial charge < -0.3 is 24.6 Å². The van der Waals surface area contributed by atoms with Gasteiger partial charge in [0.15, 0.2) is 5.82 Å². The molecule has 1 amide bonds. The number of hydrogen-bond donors (Lipinski definition) is 1. The van der Waals surface area contributed by atoms with E-state index in [2.05, 4.69) is 15.3 Å². The number of halogens is 5. The zero-order chi connectivity index (χ0) is 38.1. The van der Waals surface area contributed by atoms with Gasteiger partial charge >= 0.3 is 12.3 Å². The van der Waals surface area contributed by atoms with Crippen molar-refractivity contribution >= 4 is 29.0 Å². The summed E-state index contributed by atoms with van der Waals surface area (Å²) >= 11 is 0. The van der Waals surface area contributed by atoms with Crippen LogP contribution in [0.2, 0.25) is 0 Å². The zero-order valence-electron chi connectivity index (χ0n) is 30.0. The van der Waals surface area contributed by atoms with Crippen LogP contribution in [0.25, 0.3) is 0 Å². The van der Waals surface area contributed by atoms with E-state index in [-0.39, 0.29) is 47.7 Å². The highest BCUT2D eigenvalue weighted by Gasteiger charge is 2.36. The SMILES string of the molecule is CCOc1cc(F)c(CN2c3ccccc3C(c3ncc(CC4CN(C(=O)OC(C)(C)C)C4)c(Nc4ccnc(C(F)(F)F)c4)n3)=NC2CC)c(F)c1. The first kappa shape index (κ1) is 37.4. The van der Waals surface area contributed by atoms with Crippen LogP contribution in [-0.4, -0.2) is 63.1 Å². The zero-order valence-corrected chi connectivity index (χ0v) is 30.0. The number of carbonyl (C=O) groups is 1. The van der Waals surface area contributed by atoms with Gasteiger partial charge in [-0.15, -0.1) is 0 Å². The number of nitrogens with one attached hydrogen (secondary N) is 1. The quantitative estimate of drug-likeness (QED) is 0.162. The summed E-state index contributed by atoms with van der Waals surface area (Å²) < 4.78 is 82.0. The Hall–Kier alpha value is -5.34. The number of aromatic nitrogens is 3. The topological polar surface area (TPSA) is 105 Å². The fraction of sp³-hybridized carbons (Fsp3) is 0.395. The van der Waals surface area contributed by atoms with Crippen molar-refractivity contribution < 1.29 is 36.2 Å². The van der Waals surface area contributed by atoms with Gasteiger partial charge in [-0.3, -0.25) is 9.98 Å². The van der Waals surface area contributed by atoms with Crippen LogP contribution in [0.1, 0.15) is 69.2 Å². The maximum Gasteiger partial charge on any atom is 0.433 e. The molecule has 1 saturated heterocycles. The maximum atomic E-state index is 15.2. The van der Waals surface area contributed by atoms with Crippen LogP contribution in [0.5, 0.6) is 5.75 Å². The molecule has 53 heavy (non-hydrogen) atoms. The van der Waals surface area contributed by atoms with E-state index in [0.29, 0.717) is 48.5 Å². The summed E-state index contributed by atoms with van der Waals surface area (Å²) in [7, 11) is 0. The number of carbonyl (C=O) groups excluding carboxylic acids is 1. The molecule has 6 rings (SSSR count). The van der Waals surface area contributed by atoms with Crippen LogP contribution in [0.3, 0.4) is 0 Å². The molecule has 0 bridgehead atoms. The monoisotopic (exact) mass is 737 g/mol. The average molecular weight is 738 g/mol. The predicted octanol–water partition coefficient (Wildman–Crippen LogP) is 8.31. The Kier molecular flexibility index (Phi) is 10.6. The number of hydrogen-bond acceptors (Lipinski definition) is 9. The Morgan fingerprint density at radius 2 is 1.72 bits per heavy atom. The van der Waals surface area contributed by atoms with Gasteiger partial charge in [-0.1, -0.05) is 25.1 Å². The van der Waals surface area contributed by atoms with E-state index < -0.39 is 41.4 Å². The van der Waals surface area contributed by atoms with Crippen molar-refractivity contribution in [2.45, 2.75) is 71.9 Å². The number of benzene rings is 2. The molecule has 4 aromatic rings.